The molecule has 4 amide bonds. The Morgan fingerprint density at radius 2 is 1.69 bits per heavy atom. The van der Waals surface area contributed by atoms with E-state index in [-0.39, 0.29) is 95.8 Å². The Morgan fingerprint density at radius 3 is 2.39 bits per heavy atom. The number of anilines is 1. The van der Waals surface area contributed by atoms with Gasteiger partial charge in [-0.1, -0.05) is 13.0 Å². The molecule has 18 nitrogen and oxygen atoms in total. The van der Waals surface area contributed by atoms with Crippen molar-refractivity contribution in [2.75, 3.05) is 45.2 Å². The van der Waals surface area contributed by atoms with Crippen LogP contribution in [0.1, 0.15) is 141 Å². The molecule has 5 aliphatic rings. The molecule has 410 valence electrons. The first-order valence-electron chi connectivity index (χ1n) is 27.4. The number of alkyl halides is 3. The molecule has 4 heterocycles. The van der Waals surface area contributed by atoms with Gasteiger partial charge in [0.2, 0.25) is 29.7 Å². The normalized spacial score (nSPS) is 27.5. The van der Waals surface area contributed by atoms with E-state index < -0.39 is 23.7 Å². The smallest absolute Gasteiger partial charge is 0.378 e. The van der Waals surface area contributed by atoms with Crippen LogP contribution in [0.5, 0.6) is 0 Å². The number of amides is 4. The highest BCUT2D eigenvalue weighted by Crippen LogP contribution is 2.39. The zero-order valence-corrected chi connectivity index (χ0v) is 43.9. The maximum Gasteiger partial charge on any atom is 0.416 e. The minimum Gasteiger partial charge on any atom is -0.378 e. The van der Waals surface area contributed by atoms with Crippen molar-refractivity contribution in [2.45, 2.75) is 190 Å². The van der Waals surface area contributed by atoms with Crippen molar-refractivity contribution < 1.29 is 46.7 Å². The maximum absolute atomic E-state index is 14.1. The number of aromatic nitrogens is 3. The number of hydrogen-bond acceptors (Lipinski definition) is 12. The van der Waals surface area contributed by atoms with Crippen LogP contribution in [-0.2, 0) is 34.8 Å². The van der Waals surface area contributed by atoms with Crippen LogP contribution < -0.4 is 21.4 Å². The van der Waals surface area contributed by atoms with Crippen molar-refractivity contribution in [3.63, 3.8) is 0 Å². The summed E-state index contributed by atoms with van der Waals surface area (Å²) in [5, 5.41) is 9.50. The van der Waals surface area contributed by atoms with Gasteiger partial charge in [0, 0.05) is 87.8 Å². The Hall–Kier alpha value is -5.54. The van der Waals surface area contributed by atoms with E-state index in [0.29, 0.717) is 96.2 Å². The van der Waals surface area contributed by atoms with Gasteiger partial charge >= 0.3 is 6.18 Å². The predicted molar refractivity (Wildman–Crippen MR) is 275 cm³/mol. The van der Waals surface area contributed by atoms with Crippen molar-refractivity contribution in [1.82, 2.24) is 45.7 Å². The molecule has 3 aromatic rings. The molecule has 6 atom stereocenters. The van der Waals surface area contributed by atoms with E-state index >= 15 is 0 Å². The highest BCUT2D eigenvalue weighted by atomic mass is 19.4. The van der Waals surface area contributed by atoms with Gasteiger partial charge in [0.05, 0.1) is 52.8 Å². The molecular formula is C54H77F3N11O7+. The number of nitrogens with one attached hydrogen (secondary N) is 4. The molecule has 0 radical (unpaired) electrons. The van der Waals surface area contributed by atoms with Gasteiger partial charge in [-0.05, 0) is 128 Å². The molecule has 2 aromatic heterocycles. The Labute approximate surface area is 437 Å². The molecule has 0 unspecified atom stereocenters. The number of nitrogens with zero attached hydrogens (tertiary/aromatic N) is 7. The number of fused-ring (bicyclic) bond motifs is 1. The number of hydrazine groups is 1. The molecule has 8 rings (SSSR count). The number of halogens is 3. The van der Waals surface area contributed by atoms with E-state index in [1.54, 1.807) is 17.3 Å². The summed E-state index contributed by atoms with van der Waals surface area (Å²) in [4.78, 5) is 86.7. The van der Waals surface area contributed by atoms with E-state index in [1.807, 2.05) is 24.0 Å². The summed E-state index contributed by atoms with van der Waals surface area (Å²) >= 11 is 0. The summed E-state index contributed by atoms with van der Waals surface area (Å²) in [6.07, 6.45) is 10.8. The number of carbonyl (C=O) groups excluding carboxylic acids is 4. The van der Waals surface area contributed by atoms with Gasteiger partial charge in [0.15, 0.2) is 0 Å². The van der Waals surface area contributed by atoms with E-state index in [4.69, 9.17) is 9.47 Å². The van der Waals surface area contributed by atoms with Gasteiger partial charge in [0.25, 0.3) is 0 Å². The van der Waals surface area contributed by atoms with Crippen LogP contribution >= 0.6 is 0 Å². The third kappa shape index (κ3) is 14.1. The van der Waals surface area contributed by atoms with E-state index in [1.165, 1.54) is 12.4 Å². The van der Waals surface area contributed by atoms with Crippen LogP contribution in [0, 0.1) is 10.8 Å². The lowest BCUT2D eigenvalue weighted by Crippen LogP contribution is -2.60. The Balaban J connectivity index is 0.722. The standard InChI is InChI=1S/C54H76F3N11O7/c1-5-25-67-49(70)31-43(50(67)35-8-6-23-58-32-35)52(71)59-24-28-75-41-18-16-40(17-19-41)74-27-7-9-48(69)62-37-11-13-38(14-12-37)68(73)64-46-30-39(65(4)34(2)3)15-21-47(46)66-26-22-45(53(66)72)63-51-42-29-36(54(55,56)57)10-20-44(42)60-33-61-51/h6,8,10,20,23,29,32-34,37-41,43,45-47,50H,5,7,9,11-19,21-22,24-28,30-31H2,1-4H3,(H3-,59,60,61,62,63,64,69,71,73)/p+1/t37?,38?,39-,40?,41?,43+,45+,46-,47+,50-/m1/s1. The second-order valence-corrected chi connectivity index (χ2v) is 21.6. The van der Waals surface area contributed by atoms with Crippen LogP contribution in [0.15, 0.2) is 49.1 Å². The number of rotatable bonds is 22. The van der Waals surface area contributed by atoms with Crippen LogP contribution in [-0.4, -0.2) is 153 Å². The summed E-state index contributed by atoms with van der Waals surface area (Å²) in [6.45, 7) is 8.55. The zero-order valence-electron chi connectivity index (χ0n) is 43.9. The number of likely N-dealkylation sites (tertiary alicyclic amines) is 2. The lowest BCUT2D eigenvalue weighted by Gasteiger charge is -2.43. The Morgan fingerprint density at radius 1 is 0.947 bits per heavy atom. The summed E-state index contributed by atoms with van der Waals surface area (Å²) in [5.74, 6) is -0.673. The van der Waals surface area contributed by atoms with Gasteiger partial charge in [-0.2, -0.15) is 13.2 Å². The first kappa shape index (κ1) is 55.7. The highest BCUT2D eigenvalue weighted by Gasteiger charge is 2.47. The van der Waals surface area contributed by atoms with Crippen LogP contribution in [0.25, 0.3) is 10.9 Å². The summed E-state index contributed by atoms with van der Waals surface area (Å²) in [5.41, 5.74) is 3.68. The van der Waals surface area contributed by atoms with E-state index in [0.717, 1.165) is 61.1 Å². The number of pyridine rings is 1. The van der Waals surface area contributed by atoms with Crippen molar-refractivity contribution in [2.24, 2.45) is 5.92 Å². The number of ether oxygens (including phenoxy) is 2. The molecule has 0 spiro atoms. The van der Waals surface area contributed by atoms with Crippen molar-refractivity contribution in [1.29, 1.82) is 0 Å². The van der Waals surface area contributed by atoms with Gasteiger partial charge < -0.3 is 40.1 Å². The van der Waals surface area contributed by atoms with Crippen molar-refractivity contribution in [3.05, 3.63) is 65.1 Å². The average Bonchev–Trinajstić information content (AvgIpc) is 3.94. The molecule has 5 fully saturated rings. The molecule has 21 heteroatoms. The third-order valence-corrected chi connectivity index (χ3v) is 16.3. The molecule has 3 aliphatic carbocycles. The first-order valence-corrected chi connectivity index (χ1v) is 27.4. The Kier molecular flexibility index (Phi) is 19.0. The fraction of sp³-hybridized carbons (Fsp3) is 0.685. The topological polar surface area (TPSA) is 203 Å². The third-order valence-electron chi connectivity index (χ3n) is 16.3. The highest BCUT2D eigenvalue weighted by molar-refractivity contribution is 5.93. The number of hydrogen-bond donors (Lipinski definition) is 4. The fourth-order valence-electron chi connectivity index (χ4n) is 12.0. The number of carbonyl (C=O) groups is 4. The summed E-state index contributed by atoms with van der Waals surface area (Å²) in [7, 11) is 2.09. The molecule has 75 heavy (non-hydrogen) atoms. The van der Waals surface area contributed by atoms with Crippen LogP contribution in [0.2, 0.25) is 0 Å². The zero-order chi connectivity index (χ0) is 53.2. The summed E-state index contributed by atoms with van der Waals surface area (Å²) in [6, 6.07) is 5.58. The van der Waals surface area contributed by atoms with Crippen molar-refractivity contribution >= 4 is 40.3 Å². The van der Waals surface area contributed by atoms with E-state index in [9.17, 15) is 37.3 Å². The van der Waals surface area contributed by atoms with Crippen LogP contribution in [0.4, 0.5) is 19.0 Å². The lowest BCUT2D eigenvalue weighted by molar-refractivity contribution is -0.650. The van der Waals surface area contributed by atoms with Gasteiger partial charge in [-0.3, -0.25) is 24.2 Å². The molecular weight excluding hydrogens is 972 g/mol. The van der Waals surface area contributed by atoms with Crippen molar-refractivity contribution in [3.8, 4) is 0 Å². The monoisotopic (exact) mass is 1050 g/mol. The number of nitroso groups, excluding NO2 is 1. The average molecular weight is 1050 g/mol. The SMILES string of the molecule is CCCN1C(=O)C[C@H](C(=O)NCCOC2CCC(OCCCC(=O)NC3CCC([N+](=O)N[C@@H]4C[C@H](N(C)C(C)C)CC[C@@H]4N4CC[C@H](Nc5ncnc6ccc(C(F)(F)F)cc56)C4=O)CC3)CC2)[C@H]1c1cccnc1. The molecule has 0 bridgehead atoms. The fourth-order valence-corrected chi connectivity index (χ4v) is 12.0. The molecule has 3 saturated carbocycles. The molecule has 2 saturated heterocycles. The first-order chi connectivity index (χ1) is 36.1. The Bertz CT molecular complexity index is 2420. The molecule has 4 N–H and O–H groups in total. The minimum absolute atomic E-state index is 0.0128. The predicted octanol–water partition coefficient (Wildman–Crippen LogP) is 6.64. The maximum atomic E-state index is 14.1. The van der Waals surface area contributed by atoms with Gasteiger partial charge in [0.1, 0.15) is 29.1 Å². The van der Waals surface area contributed by atoms with Crippen LogP contribution in [0.3, 0.4) is 0 Å². The second-order valence-electron chi connectivity index (χ2n) is 21.6. The second kappa shape index (κ2) is 25.5. The molecule has 1 aromatic carbocycles. The van der Waals surface area contributed by atoms with E-state index in [2.05, 4.69) is 62.1 Å². The summed E-state index contributed by atoms with van der Waals surface area (Å²) < 4.78 is 53.1. The molecule has 2 aliphatic heterocycles. The minimum atomic E-state index is -4.55. The largest absolute Gasteiger partial charge is 0.416 e. The van der Waals surface area contributed by atoms with Gasteiger partial charge in [-0.15, -0.1) is 5.43 Å². The van der Waals surface area contributed by atoms with Gasteiger partial charge in [-0.25, -0.2) is 9.97 Å². The number of benzene rings is 1. The lowest BCUT2D eigenvalue weighted by atomic mass is 9.84. The quantitative estimate of drug-likeness (QED) is 0.0475.